The highest BCUT2D eigenvalue weighted by Gasteiger charge is 2.21. The Hall–Kier alpha value is -1.72. The number of halogens is 2. The molecule has 0 aliphatic rings. The van der Waals surface area contributed by atoms with E-state index in [1.165, 1.54) is 4.90 Å². The Kier molecular flexibility index (Phi) is 4.75. The van der Waals surface area contributed by atoms with Gasteiger partial charge in [-0.3, -0.25) is 0 Å². The zero-order chi connectivity index (χ0) is 15.6. The number of carbonyl (C=O) groups excluding carboxylic acids is 1. The van der Waals surface area contributed by atoms with Crippen molar-refractivity contribution in [2.24, 2.45) is 0 Å². The lowest BCUT2D eigenvalue weighted by molar-refractivity contribution is 0.112. The van der Waals surface area contributed by atoms with Crippen LogP contribution in [-0.4, -0.2) is 30.2 Å². The summed E-state index contributed by atoms with van der Waals surface area (Å²) < 4.78 is 10.4. The third-order valence-corrected chi connectivity index (χ3v) is 3.52. The number of nitrogens with zero attached hydrogens (tertiary/aromatic N) is 2. The summed E-state index contributed by atoms with van der Waals surface area (Å²) in [5.74, 6) is 0.549. The van der Waals surface area contributed by atoms with Crippen LogP contribution >= 0.6 is 23.2 Å². The van der Waals surface area contributed by atoms with E-state index in [1.807, 2.05) is 0 Å². The molecule has 7 heteroatoms. The molecule has 0 bridgehead atoms. The molecule has 1 aromatic heterocycles. The molecule has 0 aliphatic heterocycles. The smallest absolute Gasteiger partial charge is 0.409 e. The van der Waals surface area contributed by atoms with Crippen LogP contribution in [0.4, 0.5) is 4.79 Å². The zero-order valence-electron chi connectivity index (χ0n) is 11.8. The van der Waals surface area contributed by atoms with Crippen molar-refractivity contribution in [1.82, 2.24) is 10.1 Å². The molecule has 5 nitrogen and oxygen atoms in total. The monoisotopic (exact) mass is 328 g/mol. The maximum atomic E-state index is 11.5. The summed E-state index contributed by atoms with van der Waals surface area (Å²) in [4.78, 5) is 12.9. The number of hydrogen-bond acceptors (Lipinski definition) is 4. The first-order valence-electron chi connectivity index (χ1n) is 6.15. The summed E-state index contributed by atoms with van der Waals surface area (Å²) in [6.45, 7) is 1.77. The Labute approximate surface area is 132 Å². The van der Waals surface area contributed by atoms with E-state index in [2.05, 4.69) is 5.16 Å². The van der Waals surface area contributed by atoms with Crippen LogP contribution in [0.5, 0.6) is 0 Å². The topological polar surface area (TPSA) is 55.6 Å². The molecular formula is C14H14Cl2N2O3. The number of benzene rings is 1. The molecule has 0 saturated carbocycles. The van der Waals surface area contributed by atoms with Gasteiger partial charge in [-0.05, 0) is 19.1 Å². The van der Waals surface area contributed by atoms with Gasteiger partial charge in [0.1, 0.15) is 18.1 Å². The SMILES string of the molecule is Cc1onc(-c2c(Cl)cccc2Cl)c1COC(=O)N(C)C. The summed E-state index contributed by atoms with van der Waals surface area (Å²) in [5.41, 5.74) is 1.68. The lowest BCUT2D eigenvalue weighted by Crippen LogP contribution is -2.22. The van der Waals surface area contributed by atoms with Crippen molar-refractivity contribution in [3.05, 3.63) is 39.6 Å². The third kappa shape index (κ3) is 3.31. The van der Waals surface area contributed by atoms with E-state index in [0.717, 1.165) is 0 Å². The molecular weight excluding hydrogens is 315 g/mol. The molecule has 1 aromatic carbocycles. The van der Waals surface area contributed by atoms with Gasteiger partial charge in [0, 0.05) is 19.7 Å². The van der Waals surface area contributed by atoms with E-state index in [-0.39, 0.29) is 6.61 Å². The number of rotatable bonds is 3. The second kappa shape index (κ2) is 6.37. The highest BCUT2D eigenvalue weighted by molar-refractivity contribution is 6.39. The largest absolute Gasteiger partial charge is 0.444 e. The standard InChI is InChI=1S/C14H14Cl2N2O3/c1-8-9(7-20-14(19)18(2)3)13(17-21-8)12-10(15)5-4-6-11(12)16/h4-6H,7H2,1-3H3. The predicted molar refractivity (Wildman–Crippen MR) is 80.6 cm³/mol. The normalized spacial score (nSPS) is 10.5. The molecule has 0 aliphatic carbocycles. The van der Waals surface area contributed by atoms with Gasteiger partial charge in [0.2, 0.25) is 0 Å². The van der Waals surface area contributed by atoms with Crippen molar-refractivity contribution in [3.8, 4) is 11.3 Å². The van der Waals surface area contributed by atoms with Crippen molar-refractivity contribution in [1.29, 1.82) is 0 Å². The fourth-order valence-electron chi connectivity index (χ4n) is 1.74. The highest BCUT2D eigenvalue weighted by atomic mass is 35.5. The minimum Gasteiger partial charge on any atom is -0.444 e. The minimum atomic E-state index is -0.452. The highest BCUT2D eigenvalue weighted by Crippen LogP contribution is 2.36. The van der Waals surface area contributed by atoms with Crippen LogP contribution in [0.1, 0.15) is 11.3 Å². The van der Waals surface area contributed by atoms with Gasteiger partial charge >= 0.3 is 6.09 Å². The van der Waals surface area contributed by atoms with Gasteiger partial charge in [-0.2, -0.15) is 0 Å². The quantitative estimate of drug-likeness (QED) is 0.849. The lowest BCUT2D eigenvalue weighted by Gasteiger charge is -2.11. The fraction of sp³-hybridized carbons (Fsp3) is 0.286. The Morgan fingerprint density at radius 3 is 2.52 bits per heavy atom. The Morgan fingerprint density at radius 1 is 1.33 bits per heavy atom. The molecule has 112 valence electrons. The van der Waals surface area contributed by atoms with E-state index in [1.54, 1.807) is 39.2 Å². The minimum absolute atomic E-state index is 0.0310. The van der Waals surface area contributed by atoms with Crippen LogP contribution in [0.2, 0.25) is 10.0 Å². The predicted octanol–water partition coefficient (Wildman–Crippen LogP) is 4.16. The van der Waals surface area contributed by atoms with Crippen molar-refractivity contribution < 1.29 is 14.1 Å². The molecule has 2 rings (SSSR count). The Bertz CT molecular complexity index is 648. The molecule has 1 amide bonds. The van der Waals surface area contributed by atoms with Gasteiger partial charge in [-0.15, -0.1) is 0 Å². The number of amides is 1. The van der Waals surface area contributed by atoms with E-state index >= 15 is 0 Å². The zero-order valence-corrected chi connectivity index (χ0v) is 13.3. The maximum Gasteiger partial charge on any atom is 0.409 e. The first-order chi connectivity index (χ1) is 9.91. The maximum absolute atomic E-state index is 11.5. The number of hydrogen-bond donors (Lipinski definition) is 0. The van der Waals surface area contributed by atoms with E-state index in [9.17, 15) is 4.79 Å². The number of aromatic nitrogens is 1. The molecule has 0 saturated heterocycles. The van der Waals surface area contributed by atoms with Crippen LogP contribution in [0, 0.1) is 6.92 Å². The van der Waals surface area contributed by atoms with Gasteiger partial charge in [0.15, 0.2) is 0 Å². The van der Waals surface area contributed by atoms with Crippen LogP contribution < -0.4 is 0 Å². The van der Waals surface area contributed by atoms with E-state index in [0.29, 0.717) is 32.6 Å². The van der Waals surface area contributed by atoms with Gasteiger partial charge in [0.25, 0.3) is 0 Å². The summed E-state index contributed by atoms with van der Waals surface area (Å²) in [6, 6.07) is 5.16. The molecule has 0 fully saturated rings. The first-order valence-corrected chi connectivity index (χ1v) is 6.91. The molecule has 21 heavy (non-hydrogen) atoms. The Morgan fingerprint density at radius 2 is 1.95 bits per heavy atom. The lowest BCUT2D eigenvalue weighted by atomic mass is 10.1. The number of carbonyl (C=O) groups is 1. The van der Waals surface area contributed by atoms with Crippen molar-refractivity contribution in [3.63, 3.8) is 0 Å². The van der Waals surface area contributed by atoms with Crippen molar-refractivity contribution in [2.75, 3.05) is 14.1 Å². The van der Waals surface area contributed by atoms with Crippen molar-refractivity contribution >= 4 is 29.3 Å². The van der Waals surface area contributed by atoms with Crippen molar-refractivity contribution in [2.45, 2.75) is 13.5 Å². The fourth-order valence-corrected chi connectivity index (χ4v) is 2.32. The molecule has 0 radical (unpaired) electrons. The van der Waals surface area contributed by atoms with Crippen LogP contribution in [0.3, 0.4) is 0 Å². The third-order valence-electron chi connectivity index (χ3n) is 2.89. The summed E-state index contributed by atoms with van der Waals surface area (Å²) in [6.07, 6.45) is -0.452. The Balaban J connectivity index is 2.37. The average molecular weight is 329 g/mol. The van der Waals surface area contributed by atoms with Crippen LogP contribution in [-0.2, 0) is 11.3 Å². The second-order valence-electron chi connectivity index (χ2n) is 4.61. The van der Waals surface area contributed by atoms with Crippen LogP contribution in [0.15, 0.2) is 22.7 Å². The van der Waals surface area contributed by atoms with Gasteiger partial charge in [0.05, 0.1) is 15.6 Å². The van der Waals surface area contributed by atoms with Gasteiger partial charge < -0.3 is 14.2 Å². The molecule has 0 unspecified atom stereocenters. The van der Waals surface area contributed by atoms with E-state index in [4.69, 9.17) is 32.5 Å². The molecule has 1 heterocycles. The van der Waals surface area contributed by atoms with Crippen LogP contribution in [0.25, 0.3) is 11.3 Å². The summed E-state index contributed by atoms with van der Waals surface area (Å²) in [7, 11) is 3.21. The molecule has 0 atom stereocenters. The molecule has 0 spiro atoms. The molecule has 2 aromatic rings. The van der Waals surface area contributed by atoms with Gasteiger partial charge in [-0.25, -0.2) is 4.79 Å². The number of ether oxygens (including phenoxy) is 1. The summed E-state index contributed by atoms with van der Waals surface area (Å²) >= 11 is 12.4. The van der Waals surface area contributed by atoms with Gasteiger partial charge in [-0.1, -0.05) is 34.4 Å². The first kappa shape index (κ1) is 15.7. The molecule has 0 N–H and O–H groups in total. The summed E-state index contributed by atoms with van der Waals surface area (Å²) in [5, 5.41) is 4.89. The van der Waals surface area contributed by atoms with E-state index < -0.39 is 6.09 Å². The second-order valence-corrected chi connectivity index (χ2v) is 5.43. The number of aryl methyl sites for hydroxylation is 1. The average Bonchev–Trinajstić information content (AvgIpc) is 2.77.